The summed E-state index contributed by atoms with van der Waals surface area (Å²) < 4.78 is 0. The van der Waals surface area contributed by atoms with Gasteiger partial charge < -0.3 is 10.4 Å². The van der Waals surface area contributed by atoms with Crippen LogP contribution in [0.4, 0.5) is 0 Å². The van der Waals surface area contributed by atoms with E-state index in [1.54, 1.807) is 0 Å². The molecule has 0 spiro atoms. The molecule has 0 bridgehead atoms. The van der Waals surface area contributed by atoms with Gasteiger partial charge in [0.2, 0.25) is 0 Å². The van der Waals surface area contributed by atoms with E-state index in [0.717, 1.165) is 19.4 Å². The van der Waals surface area contributed by atoms with Crippen molar-refractivity contribution >= 4 is 0 Å². The minimum absolute atomic E-state index is 0.372. The van der Waals surface area contributed by atoms with E-state index in [0.29, 0.717) is 6.04 Å². The van der Waals surface area contributed by atoms with Gasteiger partial charge in [0.1, 0.15) is 0 Å². The standard InChI is InChI=1S/C12H23NO/c14-12(8-4-2-5-9-12)11-7-3-1-6-10-13-11/h11,13-14H,1-10H2. The molecule has 14 heavy (non-hydrogen) atoms. The minimum atomic E-state index is -0.372. The second kappa shape index (κ2) is 4.63. The summed E-state index contributed by atoms with van der Waals surface area (Å²) in [6.45, 7) is 1.10. The average Bonchev–Trinajstić information content (AvgIpc) is 2.47. The first-order valence-corrected chi connectivity index (χ1v) is 6.27. The van der Waals surface area contributed by atoms with Gasteiger partial charge in [0.25, 0.3) is 0 Å². The largest absolute Gasteiger partial charge is 0.388 e. The zero-order chi connectivity index (χ0) is 9.86. The van der Waals surface area contributed by atoms with E-state index in [9.17, 15) is 5.11 Å². The fraction of sp³-hybridized carbons (Fsp3) is 1.00. The third-order valence-corrected chi connectivity index (χ3v) is 3.93. The van der Waals surface area contributed by atoms with Crippen LogP contribution in [0.15, 0.2) is 0 Å². The summed E-state index contributed by atoms with van der Waals surface area (Å²) in [5, 5.41) is 14.1. The Morgan fingerprint density at radius 2 is 1.64 bits per heavy atom. The van der Waals surface area contributed by atoms with Gasteiger partial charge in [-0.05, 0) is 32.2 Å². The Balaban J connectivity index is 1.95. The smallest absolute Gasteiger partial charge is 0.0800 e. The zero-order valence-electron chi connectivity index (χ0n) is 9.10. The maximum Gasteiger partial charge on any atom is 0.0800 e. The SMILES string of the molecule is OC1(C2CCCCCN2)CCCCC1. The van der Waals surface area contributed by atoms with Crippen LogP contribution >= 0.6 is 0 Å². The van der Waals surface area contributed by atoms with Crippen molar-refractivity contribution in [1.29, 1.82) is 0 Å². The van der Waals surface area contributed by atoms with Crippen molar-refractivity contribution in [2.45, 2.75) is 69.4 Å². The van der Waals surface area contributed by atoms with Crippen molar-refractivity contribution in [3.05, 3.63) is 0 Å². The van der Waals surface area contributed by atoms with Crippen molar-refractivity contribution in [2.75, 3.05) is 6.54 Å². The Morgan fingerprint density at radius 3 is 2.43 bits per heavy atom. The second-order valence-electron chi connectivity index (χ2n) is 5.02. The van der Waals surface area contributed by atoms with Gasteiger partial charge >= 0.3 is 0 Å². The lowest BCUT2D eigenvalue weighted by molar-refractivity contribution is -0.0314. The van der Waals surface area contributed by atoms with Crippen molar-refractivity contribution < 1.29 is 5.11 Å². The molecule has 1 aliphatic heterocycles. The quantitative estimate of drug-likeness (QED) is 0.675. The second-order valence-corrected chi connectivity index (χ2v) is 5.02. The third kappa shape index (κ3) is 2.29. The Labute approximate surface area is 87.1 Å². The molecule has 1 saturated heterocycles. The van der Waals surface area contributed by atoms with E-state index >= 15 is 0 Å². The molecular formula is C12H23NO. The van der Waals surface area contributed by atoms with Crippen LogP contribution in [0.2, 0.25) is 0 Å². The van der Waals surface area contributed by atoms with Crippen LogP contribution < -0.4 is 5.32 Å². The molecule has 2 N–H and O–H groups in total. The van der Waals surface area contributed by atoms with Gasteiger partial charge in [-0.25, -0.2) is 0 Å². The molecule has 1 heterocycles. The Kier molecular flexibility index (Phi) is 3.45. The normalized spacial score (nSPS) is 33.6. The highest BCUT2D eigenvalue weighted by Crippen LogP contribution is 2.33. The number of rotatable bonds is 1. The average molecular weight is 197 g/mol. The molecule has 1 unspecified atom stereocenters. The summed E-state index contributed by atoms with van der Waals surface area (Å²) in [7, 11) is 0. The first-order valence-electron chi connectivity index (χ1n) is 6.27. The maximum atomic E-state index is 10.6. The molecule has 2 fully saturated rings. The third-order valence-electron chi connectivity index (χ3n) is 3.93. The van der Waals surface area contributed by atoms with E-state index in [1.165, 1.54) is 44.9 Å². The lowest BCUT2D eigenvalue weighted by Crippen LogP contribution is -2.51. The molecule has 2 heteroatoms. The topological polar surface area (TPSA) is 32.3 Å². The van der Waals surface area contributed by atoms with E-state index in [2.05, 4.69) is 5.32 Å². The summed E-state index contributed by atoms with van der Waals surface area (Å²) in [4.78, 5) is 0. The minimum Gasteiger partial charge on any atom is -0.388 e. The number of aliphatic hydroxyl groups is 1. The fourth-order valence-corrected chi connectivity index (χ4v) is 3.00. The van der Waals surface area contributed by atoms with Crippen LogP contribution in [0.5, 0.6) is 0 Å². The van der Waals surface area contributed by atoms with Crippen LogP contribution in [-0.4, -0.2) is 23.3 Å². The van der Waals surface area contributed by atoms with Gasteiger partial charge in [0, 0.05) is 6.04 Å². The van der Waals surface area contributed by atoms with Gasteiger partial charge in [-0.3, -0.25) is 0 Å². The lowest BCUT2D eigenvalue weighted by atomic mass is 9.78. The van der Waals surface area contributed by atoms with Crippen molar-refractivity contribution in [3.63, 3.8) is 0 Å². The molecular weight excluding hydrogens is 174 g/mol. The molecule has 0 aromatic heterocycles. The Bertz CT molecular complexity index is 167. The van der Waals surface area contributed by atoms with Crippen LogP contribution in [-0.2, 0) is 0 Å². The van der Waals surface area contributed by atoms with Crippen molar-refractivity contribution in [1.82, 2.24) is 5.32 Å². The van der Waals surface area contributed by atoms with Gasteiger partial charge in [-0.15, -0.1) is 0 Å². The van der Waals surface area contributed by atoms with Crippen LogP contribution in [0.25, 0.3) is 0 Å². The van der Waals surface area contributed by atoms with E-state index in [4.69, 9.17) is 0 Å². The molecule has 2 aliphatic rings. The van der Waals surface area contributed by atoms with Crippen molar-refractivity contribution in [3.8, 4) is 0 Å². The molecule has 0 amide bonds. The number of nitrogens with one attached hydrogen (secondary N) is 1. The summed E-state index contributed by atoms with van der Waals surface area (Å²) in [5.41, 5.74) is -0.372. The Morgan fingerprint density at radius 1 is 0.929 bits per heavy atom. The number of hydrogen-bond donors (Lipinski definition) is 2. The molecule has 1 atom stereocenters. The van der Waals surface area contributed by atoms with Gasteiger partial charge in [-0.1, -0.05) is 32.1 Å². The molecule has 1 aliphatic carbocycles. The zero-order valence-corrected chi connectivity index (χ0v) is 9.10. The molecule has 0 aromatic carbocycles. The lowest BCUT2D eigenvalue weighted by Gasteiger charge is -2.39. The van der Waals surface area contributed by atoms with Gasteiger partial charge in [-0.2, -0.15) is 0 Å². The molecule has 0 aromatic rings. The predicted octanol–water partition coefficient (Wildman–Crippen LogP) is 2.21. The summed E-state index contributed by atoms with van der Waals surface area (Å²) in [6.07, 6.45) is 10.9. The predicted molar refractivity (Wildman–Crippen MR) is 58.3 cm³/mol. The van der Waals surface area contributed by atoms with Crippen LogP contribution in [0, 0.1) is 0 Å². The maximum absolute atomic E-state index is 10.6. The molecule has 1 saturated carbocycles. The number of hydrogen-bond acceptors (Lipinski definition) is 2. The van der Waals surface area contributed by atoms with E-state index < -0.39 is 0 Å². The molecule has 2 rings (SSSR count). The Hall–Kier alpha value is -0.0800. The molecule has 82 valence electrons. The molecule has 2 nitrogen and oxygen atoms in total. The highest BCUT2D eigenvalue weighted by molar-refractivity contribution is 4.94. The van der Waals surface area contributed by atoms with Crippen LogP contribution in [0.3, 0.4) is 0 Å². The summed E-state index contributed by atoms with van der Waals surface area (Å²) in [6, 6.07) is 0.380. The molecule has 0 radical (unpaired) electrons. The highest BCUT2D eigenvalue weighted by Gasteiger charge is 2.37. The monoisotopic (exact) mass is 197 g/mol. The van der Waals surface area contributed by atoms with Gasteiger partial charge in [0.15, 0.2) is 0 Å². The van der Waals surface area contributed by atoms with E-state index in [1.807, 2.05) is 0 Å². The van der Waals surface area contributed by atoms with Crippen LogP contribution in [0.1, 0.15) is 57.8 Å². The first-order chi connectivity index (χ1) is 6.81. The highest BCUT2D eigenvalue weighted by atomic mass is 16.3. The van der Waals surface area contributed by atoms with Crippen molar-refractivity contribution in [2.24, 2.45) is 0 Å². The van der Waals surface area contributed by atoms with Gasteiger partial charge in [0.05, 0.1) is 5.60 Å². The fourth-order valence-electron chi connectivity index (χ4n) is 3.00. The first kappa shape index (κ1) is 10.4. The summed E-state index contributed by atoms with van der Waals surface area (Å²) in [5.74, 6) is 0. The van der Waals surface area contributed by atoms with E-state index in [-0.39, 0.29) is 5.60 Å². The summed E-state index contributed by atoms with van der Waals surface area (Å²) >= 11 is 0.